The molecule has 106 valence electrons. The molecular weight excluding hydrogens is 262 g/mol. The normalized spacial score (nSPS) is 11.0. The van der Waals surface area contributed by atoms with Crippen LogP contribution in [-0.4, -0.2) is 29.4 Å². The van der Waals surface area contributed by atoms with Gasteiger partial charge < -0.3 is 10.0 Å². The van der Waals surface area contributed by atoms with E-state index in [1.54, 1.807) is 6.07 Å². The predicted molar refractivity (Wildman–Crippen MR) is 79.0 cm³/mol. The van der Waals surface area contributed by atoms with Gasteiger partial charge in [0.05, 0.1) is 5.56 Å². The topological polar surface area (TPSA) is 40.5 Å². The molecule has 4 heteroatoms. The Morgan fingerprint density at radius 3 is 2.63 bits per heavy atom. The van der Waals surface area contributed by atoms with Crippen molar-refractivity contribution in [3.8, 4) is 5.75 Å². The zero-order chi connectivity index (χ0) is 14.4. The number of halogens is 1. The fourth-order valence-electron chi connectivity index (χ4n) is 2.05. The molecule has 0 atom stereocenters. The van der Waals surface area contributed by atoms with Crippen LogP contribution in [0.15, 0.2) is 12.1 Å². The van der Waals surface area contributed by atoms with Crippen LogP contribution in [-0.2, 0) is 6.54 Å². The number of aromatic hydroxyl groups is 1. The summed E-state index contributed by atoms with van der Waals surface area (Å²) in [5.41, 5.74) is 1.00. The van der Waals surface area contributed by atoms with Crippen LogP contribution < -0.4 is 0 Å². The number of carbonyl (C=O) groups excluding carboxylic acids is 1. The van der Waals surface area contributed by atoms with Crippen molar-refractivity contribution >= 4 is 17.4 Å². The molecule has 0 amide bonds. The Bertz CT molecular complexity index is 446. The molecule has 0 spiro atoms. The molecule has 0 saturated heterocycles. The average Bonchev–Trinajstić information content (AvgIpc) is 2.33. The first-order valence-corrected chi connectivity index (χ1v) is 7.04. The van der Waals surface area contributed by atoms with Crippen LogP contribution in [0.25, 0.3) is 0 Å². The van der Waals surface area contributed by atoms with Crippen molar-refractivity contribution in [3.63, 3.8) is 0 Å². The summed E-state index contributed by atoms with van der Waals surface area (Å²) in [6.45, 7) is 5.16. The lowest BCUT2D eigenvalue weighted by atomic mass is 10.1. The molecule has 0 aromatic heterocycles. The molecule has 1 aromatic rings. The van der Waals surface area contributed by atoms with E-state index in [2.05, 4.69) is 11.8 Å². The van der Waals surface area contributed by atoms with Gasteiger partial charge in [-0.2, -0.15) is 0 Å². The standard InChI is InChI=1S/C15H22ClNO2/c1-4-5-6-7-17(3)10-12-8-13(16)9-14(11(2)18)15(12)19/h8-9,19H,4-7,10H2,1-3H3. The number of hydrogen-bond donors (Lipinski definition) is 1. The van der Waals surface area contributed by atoms with Gasteiger partial charge in [0.2, 0.25) is 0 Å². The van der Waals surface area contributed by atoms with Crippen molar-refractivity contribution in [1.82, 2.24) is 4.90 Å². The average molecular weight is 284 g/mol. The number of ketones is 1. The Hall–Kier alpha value is -1.06. The number of phenolic OH excluding ortho intramolecular Hbond substituents is 1. The van der Waals surface area contributed by atoms with E-state index in [0.717, 1.165) is 13.0 Å². The Kier molecular flexibility index (Phi) is 6.32. The number of benzene rings is 1. The maximum Gasteiger partial charge on any atom is 0.163 e. The van der Waals surface area contributed by atoms with Gasteiger partial charge in [-0.05, 0) is 39.1 Å². The number of Topliss-reactive ketones (excluding diaryl/α,β-unsaturated/α-hetero) is 1. The minimum Gasteiger partial charge on any atom is -0.507 e. The maximum absolute atomic E-state index is 11.4. The molecule has 0 heterocycles. The molecule has 0 aliphatic heterocycles. The fourth-order valence-corrected chi connectivity index (χ4v) is 2.29. The van der Waals surface area contributed by atoms with Crippen LogP contribution in [0.2, 0.25) is 5.02 Å². The van der Waals surface area contributed by atoms with Crippen molar-refractivity contribution in [2.75, 3.05) is 13.6 Å². The number of hydrogen-bond acceptors (Lipinski definition) is 3. The van der Waals surface area contributed by atoms with Crippen LogP contribution in [0.5, 0.6) is 5.75 Å². The summed E-state index contributed by atoms with van der Waals surface area (Å²) in [6, 6.07) is 3.24. The smallest absolute Gasteiger partial charge is 0.163 e. The van der Waals surface area contributed by atoms with Crippen molar-refractivity contribution in [2.24, 2.45) is 0 Å². The van der Waals surface area contributed by atoms with Gasteiger partial charge >= 0.3 is 0 Å². The minimum absolute atomic E-state index is 0.0549. The molecule has 0 aliphatic carbocycles. The van der Waals surface area contributed by atoms with E-state index in [0.29, 0.717) is 22.7 Å². The van der Waals surface area contributed by atoms with Crippen LogP contribution >= 0.6 is 11.6 Å². The van der Waals surface area contributed by atoms with Crippen LogP contribution in [0.1, 0.15) is 49.0 Å². The summed E-state index contributed by atoms with van der Waals surface area (Å²) in [4.78, 5) is 13.6. The van der Waals surface area contributed by atoms with E-state index in [1.165, 1.54) is 25.8 Å². The second kappa shape index (κ2) is 7.51. The SMILES string of the molecule is CCCCCN(C)Cc1cc(Cl)cc(C(C)=O)c1O. The van der Waals surface area contributed by atoms with Gasteiger partial charge in [0.25, 0.3) is 0 Å². The molecule has 0 fully saturated rings. The highest BCUT2D eigenvalue weighted by Crippen LogP contribution is 2.28. The van der Waals surface area contributed by atoms with Crippen LogP contribution in [0.3, 0.4) is 0 Å². The van der Waals surface area contributed by atoms with Gasteiger partial charge in [-0.25, -0.2) is 0 Å². The molecule has 3 nitrogen and oxygen atoms in total. The van der Waals surface area contributed by atoms with Crippen molar-refractivity contribution in [3.05, 3.63) is 28.3 Å². The fraction of sp³-hybridized carbons (Fsp3) is 0.533. The van der Waals surface area contributed by atoms with Crippen molar-refractivity contribution in [1.29, 1.82) is 0 Å². The van der Waals surface area contributed by atoms with Gasteiger partial charge in [0.1, 0.15) is 5.75 Å². The zero-order valence-electron chi connectivity index (χ0n) is 11.9. The molecule has 0 radical (unpaired) electrons. The molecule has 1 rings (SSSR count). The molecule has 0 aliphatic rings. The van der Waals surface area contributed by atoms with E-state index in [4.69, 9.17) is 11.6 Å². The lowest BCUT2D eigenvalue weighted by molar-refractivity contribution is 0.101. The summed E-state index contributed by atoms with van der Waals surface area (Å²) >= 11 is 5.99. The van der Waals surface area contributed by atoms with Crippen molar-refractivity contribution in [2.45, 2.75) is 39.7 Å². The highest BCUT2D eigenvalue weighted by molar-refractivity contribution is 6.31. The Morgan fingerprint density at radius 2 is 2.05 bits per heavy atom. The molecule has 19 heavy (non-hydrogen) atoms. The Balaban J connectivity index is 2.80. The molecule has 1 N–H and O–H groups in total. The Morgan fingerprint density at radius 1 is 1.37 bits per heavy atom. The molecular formula is C15H22ClNO2. The third kappa shape index (κ3) is 4.84. The number of carbonyl (C=O) groups is 1. The lowest BCUT2D eigenvalue weighted by Gasteiger charge is -2.18. The van der Waals surface area contributed by atoms with Crippen LogP contribution in [0, 0.1) is 0 Å². The number of nitrogens with zero attached hydrogens (tertiary/aromatic N) is 1. The number of unbranched alkanes of at least 4 members (excludes halogenated alkanes) is 2. The van der Waals surface area contributed by atoms with Crippen molar-refractivity contribution < 1.29 is 9.90 Å². The van der Waals surface area contributed by atoms with E-state index in [1.807, 2.05) is 7.05 Å². The lowest BCUT2D eigenvalue weighted by Crippen LogP contribution is -2.19. The molecule has 0 saturated carbocycles. The van der Waals surface area contributed by atoms with Gasteiger partial charge in [0.15, 0.2) is 5.78 Å². The van der Waals surface area contributed by atoms with Gasteiger partial charge in [-0.3, -0.25) is 4.79 Å². The molecule has 0 bridgehead atoms. The molecule has 1 aromatic carbocycles. The first kappa shape index (κ1) is 16.0. The predicted octanol–water partition coefficient (Wildman–Crippen LogP) is 3.87. The summed E-state index contributed by atoms with van der Waals surface area (Å²) in [5, 5.41) is 10.6. The van der Waals surface area contributed by atoms with E-state index in [9.17, 15) is 9.90 Å². The Labute approximate surface area is 120 Å². The van der Waals surface area contributed by atoms with E-state index >= 15 is 0 Å². The first-order chi connectivity index (χ1) is 8.95. The van der Waals surface area contributed by atoms with Gasteiger partial charge in [-0.1, -0.05) is 31.4 Å². The summed E-state index contributed by atoms with van der Waals surface area (Å²) in [7, 11) is 2.00. The molecule has 0 unspecified atom stereocenters. The van der Waals surface area contributed by atoms with Gasteiger partial charge in [0, 0.05) is 17.1 Å². The summed E-state index contributed by atoms with van der Waals surface area (Å²) in [6.07, 6.45) is 3.52. The number of phenols is 1. The highest BCUT2D eigenvalue weighted by atomic mass is 35.5. The summed E-state index contributed by atoms with van der Waals surface area (Å²) in [5.74, 6) is -0.117. The first-order valence-electron chi connectivity index (χ1n) is 6.66. The second-order valence-corrected chi connectivity index (χ2v) is 5.40. The van der Waals surface area contributed by atoms with Crippen LogP contribution in [0.4, 0.5) is 0 Å². The third-order valence-electron chi connectivity index (χ3n) is 3.12. The largest absolute Gasteiger partial charge is 0.507 e. The summed E-state index contributed by atoms with van der Waals surface area (Å²) < 4.78 is 0. The zero-order valence-corrected chi connectivity index (χ0v) is 12.6. The minimum atomic E-state index is -0.171. The van der Waals surface area contributed by atoms with E-state index in [-0.39, 0.29) is 11.5 Å². The van der Waals surface area contributed by atoms with E-state index < -0.39 is 0 Å². The highest BCUT2D eigenvalue weighted by Gasteiger charge is 2.14. The third-order valence-corrected chi connectivity index (χ3v) is 3.33. The second-order valence-electron chi connectivity index (χ2n) is 4.96. The van der Waals surface area contributed by atoms with Gasteiger partial charge in [-0.15, -0.1) is 0 Å². The number of rotatable bonds is 7. The maximum atomic E-state index is 11.4. The monoisotopic (exact) mass is 283 g/mol. The quantitative estimate of drug-likeness (QED) is 0.610.